The Balaban J connectivity index is 1.84. The minimum absolute atomic E-state index is 0.0404. The van der Waals surface area contributed by atoms with Gasteiger partial charge in [-0.1, -0.05) is 18.2 Å². The van der Waals surface area contributed by atoms with Gasteiger partial charge in [-0.05, 0) is 12.1 Å². The molecule has 1 aliphatic rings. The highest BCUT2D eigenvalue weighted by Gasteiger charge is 2.48. The average molecular weight is 358 g/mol. The van der Waals surface area contributed by atoms with E-state index in [4.69, 9.17) is 12.2 Å². The normalized spacial score (nSPS) is 21.3. The van der Waals surface area contributed by atoms with E-state index in [2.05, 4.69) is 9.84 Å². The van der Waals surface area contributed by atoms with E-state index < -0.39 is 43.2 Å². The molecule has 134 valence electrons. The predicted octanol–water partition coefficient (Wildman–Crippen LogP) is 2.64. The summed E-state index contributed by atoms with van der Waals surface area (Å²) in [5, 5.41) is 3.52. The van der Waals surface area contributed by atoms with Gasteiger partial charge in [0.2, 0.25) is 0 Å². The molecule has 1 aliphatic heterocycles. The average Bonchev–Trinajstić information content (AvgIpc) is 3.24. The van der Waals surface area contributed by atoms with Crippen LogP contribution in [0.4, 0.5) is 13.2 Å². The van der Waals surface area contributed by atoms with Crippen LogP contribution >= 0.6 is 0 Å². The molecule has 2 atom stereocenters. The summed E-state index contributed by atoms with van der Waals surface area (Å²) in [5.41, 5.74) is -0.00507. The number of epoxide rings is 1. The van der Waals surface area contributed by atoms with E-state index in [9.17, 15) is 18.0 Å². The van der Waals surface area contributed by atoms with Crippen molar-refractivity contribution in [2.45, 2.75) is 31.5 Å². The standard InChI is InChI=1S/C16H15F3N2O4/c1-23-15(22)14-13(25-14)11-4-2-3-5-12(11)24-8-10-6-7-20-21(10)9-16(17,18)19/h2-7,13-14H,8-9H2,1H3/i8D2. The molecular weight excluding hydrogens is 341 g/mol. The molecule has 0 aliphatic carbocycles. The lowest BCUT2D eigenvalue weighted by molar-refractivity contribution is -0.143. The summed E-state index contributed by atoms with van der Waals surface area (Å²) in [6, 6.07) is 7.33. The van der Waals surface area contributed by atoms with Crippen molar-refractivity contribution < 1.29 is 34.9 Å². The molecule has 0 bridgehead atoms. The number of hydrogen-bond acceptors (Lipinski definition) is 5. The summed E-state index contributed by atoms with van der Waals surface area (Å²) in [6.07, 6.45) is -5.01. The van der Waals surface area contributed by atoms with Crippen molar-refractivity contribution in [3.63, 3.8) is 0 Å². The van der Waals surface area contributed by atoms with Gasteiger partial charge < -0.3 is 14.2 Å². The van der Waals surface area contributed by atoms with Crippen molar-refractivity contribution in [3.8, 4) is 5.75 Å². The van der Waals surface area contributed by atoms with Crippen molar-refractivity contribution >= 4 is 5.97 Å². The van der Waals surface area contributed by atoms with E-state index in [0.717, 1.165) is 12.3 Å². The number of methoxy groups -OCH3 is 1. The Bertz CT molecular complexity index is 841. The molecule has 9 heteroatoms. The molecule has 1 aromatic carbocycles. The monoisotopic (exact) mass is 358 g/mol. The zero-order valence-corrected chi connectivity index (χ0v) is 13.0. The fraction of sp³-hybridized carbons (Fsp3) is 0.375. The fourth-order valence-corrected chi connectivity index (χ4v) is 2.28. The number of ether oxygens (including phenoxy) is 3. The van der Waals surface area contributed by atoms with Crippen LogP contribution in [0.5, 0.6) is 5.75 Å². The Morgan fingerprint density at radius 1 is 1.40 bits per heavy atom. The van der Waals surface area contributed by atoms with Crippen molar-refractivity contribution in [1.82, 2.24) is 9.78 Å². The summed E-state index contributed by atoms with van der Waals surface area (Å²) < 4.78 is 69.8. The smallest absolute Gasteiger partial charge is 0.408 e. The Morgan fingerprint density at radius 3 is 2.88 bits per heavy atom. The van der Waals surface area contributed by atoms with Crippen LogP contribution in [0.25, 0.3) is 0 Å². The molecule has 1 aromatic heterocycles. The molecule has 3 rings (SSSR count). The molecule has 2 unspecified atom stereocenters. The third-order valence-electron chi connectivity index (χ3n) is 3.46. The van der Waals surface area contributed by atoms with Crippen LogP contribution in [0.3, 0.4) is 0 Å². The van der Waals surface area contributed by atoms with Crippen LogP contribution in [0.1, 0.15) is 20.1 Å². The van der Waals surface area contributed by atoms with Gasteiger partial charge in [-0.3, -0.25) is 4.68 Å². The Labute approximate surface area is 143 Å². The highest BCUT2D eigenvalue weighted by Crippen LogP contribution is 2.43. The predicted molar refractivity (Wildman–Crippen MR) is 78.7 cm³/mol. The van der Waals surface area contributed by atoms with Crippen LogP contribution in [0.15, 0.2) is 36.5 Å². The molecule has 0 N–H and O–H groups in total. The summed E-state index contributed by atoms with van der Waals surface area (Å²) >= 11 is 0. The van der Waals surface area contributed by atoms with Crippen molar-refractivity contribution in [2.75, 3.05) is 7.11 Å². The number of hydrogen-bond donors (Lipinski definition) is 0. The maximum absolute atomic E-state index is 12.7. The van der Waals surface area contributed by atoms with Crippen LogP contribution in [-0.2, 0) is 27.4 Å². The van der Waals surface area contributed by atoms with E-state index in [1.54, 1.807) is 18.2 Å². The first-order chi connectivity index (χ1) is 12.6. The second-order valence-corrected chi connectivity index (χ2v) is 5.23. The van der Waals surface area contributed by atoms with E-state index in [0.29, 0.717) is 10.2 Å². The Hall–Kier alpha value is -2.55. The molecule has 0 spiro atoms. The van der Waals surface area contributed by atoms with Gasteiger partial charge >= 0.3 is 12.1 Å². The van der Waals surface area contributed by atoms with E-state index in [1.807, 2.05) is 0 Å². The van der Waals surface area contributed by atoms with Crippen molar-refractivity contribution in [1.29, 1.82) is 0 Å². The summed E-state index contributed by atoms with van der Waals surface area (Å²) in [7, 11) is 1.21. The number of halogens is 3. The molecular formula is C16H15F3N2O4. The zero-order valence-electron chi connectivity index (χ0n) is 15.0. The number of para-hydroxylation sites is 1. The molecule has 25 heavy (non-hydrogen) atoms. The maximum atomic E-state index is 12.7. The van der Waals surface area contributed by atoms with E-state index in [1.165, 1.54) is 13.2 Å². The van der Waals surface area contributed by atoms with Crippen molar-refractivity contribution in [3.05, 3.63) is 47.8 Å². The molecule has 6 nitrogen and oxygen atoms in total. The lowest BCUT2D eigenvalue weighted by Crippen LogP contribution is -2.21. The number of rotatable bonds is 6. The summed E-state index contributed by atoms with van der Waals surface area (Å²) in [5.74, 6) is -0.542. The first-order valence-corrected chi connectivity index (χ1v) is 7.22. The second-order valence-electron chi connectivity index (χ2n) is 5.23. The minimum Gasteiger partial charge on any atom is -0.487 e. The quantitative estimate of drug-likeness (QED) is 0.587. The summed E-state index contributed by atoms with van der Waals surface area (Å²) in [6.45, 7) is -4.05. The molecule has 0 saturated carbocycles. The number of aromatic nitrogens is 2. The molecule has 1 fully saturated rings. The van der Waals surface area contributed by atoms with Gasteiger partial charge in [0.05, 0.1) is 15.5 Å². The topological polar surface area (TPSA) is 65.9 Å². The molecule has 1 saturated heterocycles. The maximum Gasteiger partial charge on any atom is 0.408 e. The number of benzene rings is 1. The first-order valence-electron chi connectivity index (χ1n) is 8.22. The third-order valence-corrected chi connectivity index (χ3v) is 3.46. The van der Waals surface area contributed by atoms with Gasteiger partial charge in [0.25, 0.3) is 0 Å². The molecule has 0 amide bonds. The number of nitrogens with zero attached hydrogens (tertiary/aromatic N) is 2. The summed E-state index contributed by atoms with van der Waals surface area (Å²) in [4.78, 5) is 11.5. The lowest BCUT2D eigenvalue weighted by atomic mass is 10.1. The lowest BCUT2D eigenvalue weighted by Gasteiger charge is -2.13. The van der Waals surface area contributed by atoms with Gasteiger partial charge in [0, 0.05) is 11.8 Å². The number of alkyl halides is 3. The van der Waals surface area contributed by atoms with E-state index in [-0.39, 0.29) is 5.75 Å². The SMILES string of the molecule is [2H]C([2H])(Oc1ccccc1C1OC1C(=O)OC)c1ccnn1CC(F)(F)F. The number of esters is 1. The van der Waals surface area contributed by atoms with Crippen LogP contribution in [0.2, 0.25) is 0 Å². The van der Waals surface area contributed by atoms with Gasteiger partial charge in [-0.2, -0.15) is 18.3 Å². The van der Waals surface area contributed by atoms with E-state index >= 15 is 0 Å². The Kier molecular flexibility index (Phi) is 3.99. The second kappa shape index (κ2) is 6.75. The third kappa shape index (κ3) is 4.11. The van der Waals surface area contributed by atoms with Crippen LogP contribution in [0, 0.1) is 0 Å². The highest BCUT2D eigenvalue weighted by atomic mass is 19.4. The fourth-order valence-electron chi connectivity index (χ4n) is 2.28. The largest absolute Gasteiger partial charge is 0.487 e. The first kappa shape index (κ1) is 14.8. The van der Waals surface area contributed by atoms with Gasteiger partial charge in [-0.25, -0.2) is 4.79 Å². The highest BCUT2D eigenvalue weighted by molar-refractivity contribution is 5.78. The van der Waals surface area contributed by atoms with Crippen LogP contribution < -0.4 is 4.74 Å². The van der Waals surface area contributed by atoms with Gasteiger partial charge in [-0.15, -0.1) is 0 Å². The molecule has 2 aromatic rings. The molecule has 0 radical (unpaired) electrons. The number of carbonyl (C=O) groups excluding carboxylic acids is 1. The van der Waals surface area contributed by atoms with Crippen LogP contribution in [-0.4, -0.2) is 35.1 Å². The van der Waals surface area contributed by atoms with Gasteiger partial charge in [0.1, 0.15) is 25.0 Å². The minimum atomic E-state index is -4.57. The van der Waals surface area contributed by atoms with Crippen molar-refractivity contribution in [2.24, 2.45) is 0 Å². The zero-order chi connectivity index (χ0) is 19.8. The number of carbonyl (C=O) groups is 1. The van der Waals surface area contributed by atoms with Gasteiger partial charge in [0.15, 0.2) is 6.10 Å². The Morgan fingerprint density at radius 2 is 2.16 bits per heavy atom. The molecule has 2 heterocycles.